The van der Waals surface area contributed by atoms with Crippen molar-refractivity contribution in [3.8, 4) is 5.69 Å². The van der Waals surface area contributed by atoms with Crippen molar-refractivity contribution in [2.24, 2.45) is 7.05 Å². The van der Waals surface area contributed by atoms with Gasteiger partial charge >= 0.3 is 0 Å². The maximum Gasteiger partial charge on any atom is 0.271 e. The van der Waals surface area contributed by atoms with Crippen LogP contribution in [-0.4, -0.2) is 9.36 Å². The Morgan fingerprint density at radius 2 is 1.75 bits per heavy atom. The van der Waals surface area contributed by atoms with Gasteiger partial charge < -0.3 is 0 Å². The summed E-state index contributed by atoms with van der Waals surface area (Å²) in [5.74, 6) is 0. The second-order valence-electron chi connectivity index (χ2n) is 3.53. The van der Waals surface area contributed by atoms with Gasteiger partial charge in [0.1, 0.15) is 5.69 Å². The highest BCUT2D eigenvalue weighted by Crippen LogP contribution is 2.27. The molecule has 2 aromatic rings. The van der Waals surface area contributed by atoms with Gasteiger partial charge in [-0.05, 0) is 19.1 Å². The van der Waals surface area contributed by atoms with E-state index < -0.39 is 0 Å². The molecule has 5 heteroatoms. The summed E-state index contributed by atoms with van der Waals surface area (Å²) < 4.78 is 3.18. The number of aromatic nitrogens is 2. The topological polar surface area (TPSA) is 26.9 Å². The Labute approximate surface area is 103 Å². The molecular formula is C11H10Cl2N2O. The molecule has 0 saturated heterocycles. The summed E-state index contributed by atoms with van der Waals surface area (Å²) in [5, 5.41) is 0.909. The molecule has 0 unspecified atom stereocenters. The first-order chi connectivity index (χ1) is 7.52. The first-order valence-corrected chi connectivity index (χ1v) is 5.48. The molecule has 0 amide bonds. The maximum absolute atomic E-state index is 11.8. The third kappa shape index (κ3) is 1.66. The average molecular weight is 257 g/mol. The summed E-state index contributed by atoms with van der Waals surface area (Å²) in [6.45, 7) is 1.85. The molecule has 0 spiro atoms. The normalized spacial score (nSPS) is 10.8. The van der Waals surface area contributed by atoms with Crippen LogP contribution >= 0.6 is 23.2 Å². The zero-order chi connectivity index (χ0) is 11.9. The van der Waals surface area contributed by atoms with Gasteiger partial charge in [0, 0.05) is 18.8 Å². The molecule has 1 aromatic carbocycles. The van der Waals surface area contributed by atoms with Gasteiger partial charge in [0.05, 0.1) is 10.0 Å². The summed E-state index contributed by atoms with van der Waals surface area (Å²) in [7, 11) is 1.79. The maximum atomic E-state index is 11.8. The number of nitrogens with zero attached hydrogens (tertiary/aromatic N) is 2. The number of aryl methyl sites for hydroxylation is 1. The molecule has 0 fully saturated rings. The molecule has 0 bridgehead atoms. The van der Waals surface area contributed by atoms with Gasteiger partial charge in [0.25, 0.3) is 5.56 Å². The predicted molar refractivity (Wildman–Crippen MR) is 65.8 cm³/mol. The molecule has 0 saturated carbocycles. The Balaban J connectivity index is 2.82. The van der Waals surface area contributed by atoms with E-state index in [1.54, 1.807) is 36.0 Å². The lowest BCUT2D eigenvalue weighted by molar-refractivity contribution is 0.630. The van der Waals surface area contributed by atoms with Crippen LogP contribution < -0.4 is 5.56 Å². The van der Waals surface area contributed by atoms with E-state index in [0.29, 0.717) is 15.7 Å². The lowest BCUT2D eigenvalue weighted by atomic mass is 10.3. The number of benzene rings is 1. The second kappa shape index (κ2) is 4.00. The van der Waals surface area contributed by atoms with Crippen LogP contribution in [0, 0.1) is 6.92 Å². The monoisotopic (exact) mass is 256 g/mol. The summed E-state index contributed by atoms with van der Waals surface area (Å²) in [6, 6.07) is 6.70. The van der Waals surface area contributed by atoms with Crippen molar-refractivity contribution in [2.45, 2.75) is 6.92 Å². The van der Waals surface area contributed by atoms with Crippen molar-refractivity contribution in [1.29, 1.82) is 0 Å². The van der Waals surface area contributed by atoms with Crippen LogP contribution in [0.3, 0.4) is 0 Å². The standard InChI is InChI=1S/C11H10Cl2N2O/c1-7-6-10(16)15(14(7)2)11-8(12)4-3-5-9(11)13/h3-6H,1-2H3. The minimum atomic E-state index is -0.144. The molecule has 0 atom stereocenters. The SMILES string of the molecule is Cc1cc(=O)n(-c2c(Cl)cccc2Cl)n1C. The summed E-state index contributed by atoms with van der Waals surface area (Å²) in [6.07, 6.45) is 0. The Morgan fingerprint density at radius 1 is 1.19 bits per heavy atom. The van der Waals surface area contributed by atoms with Crippen molar-refractivity contribution in [1.82, 2.24) is 9.36 Å². The second-order valence-corrected chi connectivity index (χ2v) is 4.34. The molecule has 0 aliphatic rings. The third-order valence-electron chi connectivity index (χ3n) is 2.50. The quantitative estimate of drug-likeness (QED) is 0.771. The van der Waals surface area contributed by atoms with E-state index in [2.05, 4.69) is 0 Å². The highest BCUT2D eigenvalue weighted by molar-refractivity contribution is 6.37. The van der Waals surface area contributed by atoms with E-state index in [1.807, 2.05) is 6.92 Å². The Kier molecular flexibility index (Phi) is 2.82. The molecule has 2 rings (SSSR count). The number of rotatable bonds is 1. The van der Waals surface area contributed by atoms with Gasteiger partial charge in [-0.1, -0.05) is 29.3 Å². The van der Waals surface area contributed by atoms with Crippen LogP contribution in [0.25, 0.3) is 5.69 Å². The minimum Gasteiger partial charge on any atom is -0.285 e. The highest BCUT2D eigenvalue weighted by atomic mass is 35.5. The fourth-order valence-electron chi connectivity index (χ4n) is 1.59. The fourth-order valence-corrected chi connectivity index (χ4v) is 2.15. The van der Waals surface area contributed by atoms with Crippen LogP contribution in [0.2, 0.25) is 10.0 Å². The fraction of sp³-hybridized carbons (Fsp3) is 0.182. The molecule has 1 heterocycles. The largest absolute Gasteiger partial charge is 0.285 e. The van der Waals surface area contributed by atoms with Crippen LogP contribution in [0.1, 0.15) is 5.69 Å². The van der Waals surface area contributed by atoms with Gasteiger partial charge in [-0.2, -0.15) is 0 Å². The Morgan fingerprint density at radius 3 is 2.19 bits per heavy atom. The highest BCUT2D eigenvalue weighted by Gasteiger charge is 2.13. The lowest BCUT2D eigenvalue weighted by Gasteiger charge is -2.11. The first-order valence-electron chi connectivity index (χ1n) is 4.72. The first kappa shape index (κ1) is 11.3. The van der Waals surface area contributed by atoms with Crippen molar-refractivity contribution in [2.75, 3.05) is 0 Å². The lowest BCUT2D eigenvalue weighted by Crippen LogP contribution is -2.20. The molecule has 3 nitrogen and oxygen atoms in total. The van der Waals surface area contributed by atoms with Gasteiger partial charge in [0.2, 0.25) is 0 Å². The van der Waals surface area contributed by atoms with Crippen LogP contribution in [0.15, 0.2) is 29.1 Å². The number of para-hydroxylation sites is 1. The van der Waals surface area contributed by atoms with Crippen molar-refractivity contribution < 1.29 is 0 Å². The van der Waals surface area contributed by atoms with Gasteiger partial charge in [-0.15, -0.1) is 0 Å². The number of halogens is 2. The zero-order valence-corrected chi connectivity index (χ0v) is 10.4. The summed E-state index contributed by atoms with van der Waals surface area (Å²) >= 11 is 12.1. The third-order valence-corrected chi connectivity index (χ3v) is 3.11. The number of hydrogen-bond donors (Lipinski definition) is 0. The van der Waals surface area contributed by atoms with E-state index in [-0.39, 0.29) is 5.56 Å². The predicted octanol–water partition coefficient (Wildman–Crippen LogP) is 2.79. The molecule has 0 aliphatic carbocycles. The van der Waals surface area contributed by atoms with Gasteiger partial charge in [-0.25, -0.2) is 4.68 Å². The van der Waals surface area contributed by atoms with Crippen molar-refractivity contribution in [3.63, 3.8) is 0 Å². The molecule has 0 radical (unpaired) electrons. The molecular weight excluding hydrogens is 247 g/mol. The van der Waals surface area contributed by atoms with Crippen molar-refractivity contribution >= 4 is 23.2 Å². The zero-order valence-electron chi connectivity index (χ0n) is 8.87. The van der Waals surface area contributed by atoms with Crippen LogP contribution in [-0.2, 0) is 7.05 Å². The van der Waals surface area contributed by atoms with E-state index in [9.17, 15) is 4.79 Å². The Bertz CT molecular complexity index is 578. The average Bonchev–Trinajstić information content (AvgIpc) is 2.44. The van der Waals surface area contributed by atoms with E-state index in [1.165, 1.54) is 4.68 Å². The molecule has 0 aliphatic heterocycles. The van der Waals surface area contributed by atoms with Crippen molar-refractivity contribution in [3.05, 3.63) is 50.4 Å². The smallest absolute Gasteiger partial charge is 0.271 e. The van der Waals surface area contributed by atoms with E-state index in [0.717, 1.165) is 5.69 Å². The summed E-state index contributed by atoms with van der Waals surface area (Å²) in [4.78, 5) is 11.8. The molecule has 1 aromatic heterocycles. The molecule has 84 valence electrons. The van der Waals surface area contributed by atoms with Gasteiger partial charge in [0.15, 0.2) is 0 Å². The van der Waals surface area contributed by atoms with Crippen LogP contribution in [0.5, 0.6) is 0 Å². The van der Waals surface area contributed by atoms with E-state index in [4.69, 9.17) is 23.2 Å². The minimum absolute atomic E-state index is 0.144. The summed E-state index contributed by atoms with van der Waals surface area (Å²) in [5.41, 5.74) is 1.22. The van der Waals surface area contributed by atoms with E-state index >= 15 is 0 Å². The molecule has 16 heavy (non-hydrogen) atoms. The molecule has 0 N–H and O–H groups in total. The Hall–Kier alpha value is -1.19. The van der Waals surface area contributed by atoms with Gasteiger partial charge in [-0.3, -0.25) is 9.48 Å². The van der Waals surface area contributed by atoms with Crippen LogP contribution in [0.4, 0.5) is 0 Å². The number of hydrogen-bond acceptors (Lipinski definition) is 1.